The van der Waals surface area contributed by atoms with Crippen molar-refractivity contribution >= 4 is 39.9 Å². The van der Waals surface area contributed by atoms with E-state index >= 15 is 0 Å². The molecule has 1 aliphatic carbocycles. The SMILES string of the molecule is CC(=O)Nc1ccc(-c2csc(NC(=O)C3CCCN(C(=O)C4CC4)C3)n2)cc1. The van der Waals surface area contributed by atoms with Crippen molar-refractivity contribution < 1.29 is 14.4 Å². The number of amides is 3. The van der Waals surface area contributed by atoms with Crippen LogP contribution in [0.2, 0.25) is 0 Å². The normalized spacial score (nSPS) is 18.9. The van der Waals surface area contributed by atoms with E-state index in [4.69, 9.17) is 0 Å². The number of anilines is 2. The fourth-order valence-electron chi connectivity index (χ4n) is 3.58. The van der Waals surface area contributed by atoms with Crippen LogP contribution in [0.3, 0.4) is 0 Å². The molecule has 1 saturated carbocycles. The van der Waals surface area contributed by atoms with Gasteiger partial charge in [-0.3, -0.25) is 14.4 Å². The third kappa shape index (κ3) is 4.82. The van der Waals surface area contributed by atoms with Crippen LogP contribution in [0.5, 0.6) is 0 Å². The molecule has 8 heteroatoms. The van der Waals surface area contributed by atoms with Gasteiger partial charge in [0.25, 0.3) is 0 Å². The molecule has 1 unspecified atom stereocenters. The maximum absolute atomic E-state index is 12.7. The Morgan fingerprint density at radius 3 is 2.52 bits per heavy atom. The number of nitrogens with zero attached hydrogens (tertiary/aromatic N) is 2. The molecule has 0 radical (unpaired) electrons. The summed E-state index contributed by atoms with van der Waals surface area (Å²) in [5.41, 5.74) is 2.41. The number of carbonyl (C=O) groups is 3. The van der Waals surface area contributed by atoms with Gasteiger partial charge >= 0.3 is 0 Å². The molecule has 2 N–H and O–H groups in total. The Morgan fingerprint density at radius 1 is 1.07 bits per heavy atom. The first kappa shape index (κ1) is 19.6. The number of carbonyl (C=O) groups excluding carboxylic acids is 3. The van der Waals surface area contributed by atoms with Crippen molar-refractivity contribution in [2.24, 2.45) is 11.8 Å². The smallest absolute Gasteiger partial charge is 0.231 e. The number of rotatable bonds is 5. The molecule has 1 aromatic heterocycles. The van der Waals surface area contributed by atoms with Gasteiger partial charge in [0, 0.05) is 42.6 Å². The highest BCUT2D eigenvalue weighted by molar-refractivity contribution is 7.14. The van der Waals surface area contributed by atoms with Crippen LogP contribution >= 0.6 is 11.3 Å². The number of hydrogen-bond acceptors (Lipinski definition) is 5. The first-order valence-corrected chi connectivity index (χ1v) is 10.8. The minimum Gasteiger partial charge on any atom is -0.342 e. The van der Waals surface area contributed by atoms with E-state index in [2.05, 4.69) is 15.6 Å². The lowest BCUT2D eigenvalue weighted by atomic mass is 9.97. The van der Waals surface area contributed by atoms with Gasteiger partial charge in [-0.05, 0) is 37.8 Å². The van der Waals surface area contributed by atoms with Crippen LogP contribution in [0.4, 0.5) is 10.8 Å². The Balaban J connectivity index is 1.36. The van der Waals surface area contributed by atoms with E-state index in [0.29, 0.717) is 11.7 Å². The van der Waals surface area contributed by atoms with Gasteiger partial charge in [-0.2, -0.15) is 0 Å². The Hall–Kier alpha value is -2.74. The maximum Gasteiger partial charge on any atom is 0.231 e. The predicted molar refractivity (Wildman–Crippen MR) is 113 cm³/mol. The largest absolute Gasteiger partial charge is 0.342 e. The lowest BCUT2D eigenvalue weighted by Gasteiger charge is -2.32. The molecule has 1 aliphatic heterocycles. The number of likely N-dealkylation sites (tertiary alicyclic amines) is 1. The summed E-state index contributed by atoms with van der Waals surface area (Å²) in [5.74, 6) is 0.0320. The Bertz CT molecular complexity index is 920. The molecular formula is C21H24N4O3S. The van der Waals surface area contributed by atoms with Crippen molar-refractivity contribution in [1.82, 2.24) is 9.88 Å². The van der Waals surface area contributed by atoms with Gasteiger partial charge in [-0.25, -0.2) is 4.98 Å². The molecule has 1 atom stereocenters. The summed E-state index contributed by atoms with van der Waals surface area (Å²) in [7, 11) is 0. The monoisotopic (exact) mass is 412 g/mol. The quantitative estimate of drug-likeness (QED) is 0.788. The molecule has 3 amide bonds. The van der Waals surface area contributed by atoms with E-state index in [-0.39, 0.29) is 29.6 Å². The summed E-state index contributed by atoms with van der Waals surface area (Å²) in [5, 5.41) is 8.10. The van der Waals surface area contributed by atoms with E-state index in [9.17, 15) is 14.4 Å². The first-order chi connectivity index (χ1) is 14.0. The zero-order valence-corrected chi connectivity index (χ0v) is 17.1. The molecule has 152 valence electrons. The van der Waals surface area contributed by atoms with Gasteiger partial charge in [0.15, 0.2) is 5.13 Å². The second kappa shape index (κ2) is 8.32. The summed E-state index contributed by atoms with van der Waals surface area (Å²) in [6.07, 6.45) is 3.63. The first-order valence-electron chi connectivity index (χ1n) is 9.93. The fraction of sp³-hybridized carbons (Fsp3) is 0.429. The van der Waals surface area contributed by atoms with Gasteiger partial charge in [-0.1, -0.05) is 12.1 Å². The number of benzene rings is 1. The van der Waals surface area contributed by atoms with E-state index in [0.717, 1.165) is 49.2 Å². The average molecular weight is 413 g/mol. The van der Waals surface area contributed by atoms with Crippen LogP contribution in [0.25, 0.3) is 11.3 Å². The van der Waals surface area contributed by atoms with Gasteiger partial charge in [0.05, 0.1) is 11.6 Å². The molecule has 2 heterocycles. The number of piperidine rings is 1. The van der Waals surface area contributed by atoms with E-state index in [1.807, 2.05) is 34.5 Å². The zero-order valence-electron chi connectivity index (χ0n) is 16.3. The predicted octanol–water partition coefficient (Wildman–Crippen LogP) is 3.36. The Labute approximate surface area is 173 Å². The van der Waals surface area contributed by atoms with Crippen molar-refractivity contribution in [2.45, 2.75) is 32.6 Å². The minimum atomic E-state index is -0.185. The third-order valence-corrected chi connectivity index (χ3v) is 6.02. The van der Waals surface area contributed by atoms with Crippen LogP contribution in [-0.4, -0.2) is 40.7 Å². The van der Waals surface area contributed by atoms with Crippen LogP contribution in [0.1, 0.15) is 32.6 Å². The van der Waals surface area contributed by atoms with E-state index < -0.39 is 0 Å². The van der Waals surface area contributed by atoms with Gasteiger partial charge in [-0.15, -0.1) is 11.3 Å². The van der Waals surface area contributed by atoms with Crippen LogP contribution < -0.4 is 10.6 Å². The number of hydrogen-bond donors (Lipinski definition) is 2. The molecule has 29 heavy (non-hydrogen) atoms. The van der Waals surface area contributed by atoms with E-state index in [1.54, 1.807) is 0 Å². The minimum absolute atomic E-state index is 0.0693. The molecular weight excluding hydrogens is 388 g/mol. The van der Waals surface area contributed by atoms with Crippen LogP contribution in [0.15, 0.2) is 29.6 Å². The summed E-state index contributed by atoms with van der Waals surface area (Å²) in [4.78, 5) is 42.5. The van der Waals surface area contributed by atoms with Crippen LogP contribution in [0, 0.1) is 11.8 Å². The third-order valence-electron chi connectivity index (χ3n) is 5.27. The van der Waals surface area contributed by atoms with Gasteiger partial charge in [0.2, 0.25) is 17.7 Å². The Kier molecular flexibility index (Phi) is 5.62. The topological polar surface area (TPSA) is 91.4 Å². The second-order valence-corrected chi connectivity index (χ2v) is 8.54. The van der Waals surface area contributed by atoms with Crippen molar-refractivity contribution in [3.63, 3.8) is 0 Å². The summed E-state index contributed by atoms with van der Waals surface area (Å²) < 4.78 is 0. The highest BCUT2D eigenvalue weighted by atomic mass is 32.1. The molecule has 2 fully saturated rings. The number of thiazole rings is 1. The lowest BCUT2D eigenvalue weighted by molar-refractivity contribution is -0.135. The number of nitrogens with one attached hydrogen (secondary N) is 2. The second-order valence-electron chi connectivity index (χ2n) is 7.68. The maximum atomic E-state index is 12.7. The molecule has 2 aromatic rings. The van der Waals surface area contributed by atoms with E-state index in [1.165, 1.54) is 18.3 Å². The van der Waals surface area contributed by atoms with Gasteiger partial charge < -0.3 is 15.5 Å². The van der Waals surface area contributed by atoms with Gasteiger partial charge in [0.1, 0.15) is 0 Å². The standard InChI is InChI=1S/C21H24N4O3S/c1-13(26)22-17-8-6-14(7-9-17)18-12-29-21(23-18)24-19(27)16-3-2-10-25(11-16)20(28)15-4-5-15/h6-9,12,15-16H,2-5,10-11H2,1H3,(H,22,26)(H,23,24,27). The molecule has 4 rings (SSSR count). The van der Waals surface area contributed by atoms with Crippen molar-refractivity contribution in [3.8, 4) is 11.3 Å². The highest BCUT2D eigenvalue weighted by Crippen LogP contribution is 2.33. The average Bonchev–Trinajstić information content (AvgIpc) is 3.47. The number of aromatic nitrogens is 1. The summed E-state index contributed by atoms with van der Waals surface area (Å²) in [6.45, 7) is 2.73. The lowest BCUT2D eigenvalue weighted by Crippen LogP contribution is -2.44. The molecule has 0 bridgehead atoms. The zero-order chi connectivity index (χ0) is 20.4. The van der Waals surface area contributed by atoms with Crippen molar-refractivity contribution in [2.75, 3.05) is 23.7 Å². The van der Waals surface area contributed by atoms with Crippen molar-refractivity contribution in [3.05, 3.63) is 29.6 Å². The molecule has 0 spiro atoms. The molecule has 1 saturated heterocycles. The summed E-state index contributed by atoms with van der Waals surface area (Å²) in [6, 6.07) is 7.41. The molecule has 2 aliphatic rings. The van der Waals surface area contributed by atoms with Crippen LogP contribution in [-0.2, 0) is 14.4 Å². The Morgan fingerprint density at radius 2 is 1.83 bits per heavy atom. The molecule has 7 nitrogen and oxygen atoms in total. The molecule has 1 aromatic carbocycles. The highest BCUT2D eigenvalue weighted by Gasteiger charge is 2.36. The fourth-order valence-corrected chi connectivity index (χ4v) is 4.30. The summed E-state index contributed by atoms with van der Waals surface area (Å²) >= 11 is 1.38. The van der Waals surface area contributed by atoms with Crippen molar-refractivity contribution in [1.29, 1.82) is 0 Å².